The molecule has 0 N–H and O–H groups in total. The Morgan fingerprint density at radius 3 is 2.64 bits per heavy atom. The van der Waals surface area contributed by atoms with Gasteiger partial charge in [-0.25, -0.2) is 0 Å². The van der Waals surface area contributed by atoms with E-state index in [0.717, 1.165) is 6.07 Å². The van der Waals surface area contributed by atoms with Crippen molar-refractivity contribution in [2.24, 2.45) is 0 Å². The van der Waals surface area contributed by atoms with Gasteiger partial charge in [0.05, 0.1) is 15.5 Å². The maximum Gasteiger partial charge on any atom is 0.416 e. The minimum Gasteiger partial charge on any atom is -0.294 e. The van der Waals surface area contributed by atoms with Gasteiger partial charge >= 0.3 is 6.18 Å². The van der Waals surface area contributed by atoms with Crippen molar-refractivity contribution < 1.29 is 18.1 Å². The SMILES string of the molecule is O=[N+]([O-])c1ccc(CN2CCc3cccc(C(F)(F)F)c3C2)c(Cl)c1. The van der Waals surface area contributed by atoms with Crippen LogP contribution in [-0.4, -0.2) is 16.4 Å². The van der Waals surface area contributed by atoms with Crippen molar-refractivity contribution in [3.8, 4) is 0 Å². The highest BCUT2D eigenvalue weighted by molar-refractivity contribution is 6.31. The lowest BCUT2D eigenvalue weighted by Crippen LogP contribution is -2.32. The molecule has 0 unspecified atom stereocenters. The van der Waals surface area contributed by atoms with Crippen LogP contribution in [0.1, 0.15) is 22.3 Å². The lowest BCUT2D eigenvalue weighted by atomic mass is 9.94. The normalized spacial score (nSPS) is 15.0. The van der Waals surface area contributed by atoms with Crippen molar-refractivity contribution >= 4 is 17.3 Å². The summed E-state index contributed by atoms with van der Waals surface area (Å²) in [5.74, 6) is 0. The molecule has 1 aliphatic rings. The molecule has 132 valence electrons. The van der Waals surface area contributed by atoms with Gasteiger partial charge in [0.1, 0.15) is 0 Å². The van der Waals surface area contributed by atoms with Crippen molar-refractivity contribution in [2.45, 2.75) is 25.7 Å². The summed E-state index contributed by atoms with van der Waals surface area (Å²) < 4.78 is 39.6. The van der Waals surface area contributed by atoms with Crippen molar-refractivity contribution in [1.29, 1.82) is 0 Å². The van der Waals surface area contributed by atoms with Crippen LogP contribution in [0.2, 0.25) is 5.02 Å². The monoisotopic (exact) mass is 370 g/mol. The van der Waals surface area contributed by atoms with Crippen molar-refractivity contribution in [1.82, 2.24) is 4.90 Å². The first kappa shape index (κ1) is 17.7. The highest BCUT2D eigenvalue weighted by Crippen LogP contribution is 2.36. The predicted octanol–water partition coefficient (Wildman–Crippen LogP) is 4.83. The molecule has 0 saturated carbocycles. The average Bonchev–Trinajstić information content (AvgIpc) is 2.55. The van der Waals surface area contributed by atoms with Gasteiger partial charge in [-0.1, -0.05) is 23.7 Å². The van der Waals surface area contributed by atoms with E-state index in [1.807, 2.05) is 4.90 Å². The van der Waals surface area contributed by atoms with Gasteiger partial charge < -0.3 is 0 Å². The standard InChI is InChI=1S/C17H14ClF3N2O2/c18-16-8-13(23(24)25)5-4-12(16)9-22-7-6-11-2-1-3-15(14(11)10-22)17(19,20)21/h1-5,8H,6-7,9-10H2. The minimum atomic E-state index is -4.39. The summed E-state index contributed by atoms with van der Waals surface area (Å²) in [7, 11) is 0. The van der Waals surface area contributed by atoms with E-state index in [9.17, 15) is 23.3 Å². The Morgan fingerprint density at radius 1 is 1.24 bits per heavy atom. The van der Waals surface area contributed by atoms with Gasteiger partial charge in [0, 0.05) is 31.8 Å². The van der Waals surface area contributed by atoms with Gasteiger partial charge in [0.2, 0.25) is 0 Å². The van der Waals surface area contributed by atoms with Crippen molar-refractivity contribution in [2.75, 3.05) is 6.54 Å². The molecule has 0 spiro atoms. The van der Waals surface area contributed by atoms with Gasteiger partial charge in [-0.05, 0) is 35.2 Å². The van der Waals surface area contributed by atoms with Crippen LogP contribution < -0.4 is 0 Å². The van der Waals surface area contributed by atoms with E-state index in [0.29, 0.717) is 36.2 Å². The van der Waals surface area contributed by atoms with Gasteiger partial charge in [0.15, 0.2) is 0 Å². The van der Waals surface area contributed by atoms with Crippen LogP contribution in [-0.2, 0) is 25.7 Å². The Kier molecular flexibility index (Phi) is 4.71. The van der Waals surface area contributed by atoms with E-state index < -0.39 is 16.7 Å². The predicted molar refractivity (Wildman–Crippen MR) is 87.4 cm³/mol. The molecule has 1 aliphatic heterocycles. The van der Waals surface area contributed by atoms with Crippen LogP contribution in [0.25, 0.3) is 0 Å². The molecule has 25 heavy (non-hydrogen) atoms. The molecule has 3 rings (SSSR count). The van der Waals surface area contributed by atoms with Gasteiger partial charge in [0.25, 0.3) is 5.69 Å². The van der Waals surface area contributed by atoms with E-state index in [1.165, 1.54) is 18.2 Å². The lowest BCUT2D eigenvalue weighted by Gasteiger charge is -2.31. The first-order chi connectivity index (χ1) is 11.8. The molecule has 2 aromatic carbocycles. The fourth-order valence-electron chi connectivity index (χ4n) is 3.06. The second-order valence-corrected chi connectivity index (χ2v) is 6.34. The summed E-state index contributed by atoms with van der Waals surface area (Å²) in [5.41, 5.74) is 0.932. The highest BCUT2D eigenvalue weighted by Gasteiger charge is 2.35. The number of benzene rings is 2. The minimum absolute atomic E-state index is 0.114. The summed E-state index contributed by atoms with van der Waals surface area (Å²) in [6, 6.07) is 8.41. The number of alkyl halides is 3. The summed E-state index contributed by atoms with van der Waals surface area (Å²) >= 11 is 6.09. The zero-order valence-corrected chi connectivity index (χ0v) is 13.8. The third kappa shape index (κ3) is 3.77. The number of hydrogen-bond acceptors (Lipinski definition) is 3. The Hall–Kier alpha value is -2.12. The van der Waals surface area contributed by atoms with Crippen LogP contribution in [0.15, 0.2) is 36.4 Å². The van der Waals surface area contributed by atoms with Gasteiger partial charge in [-0.15, -0.1) is 0 Å². The van der Waals surface area contributed by atoms with E-state index in [1.54, 1.807) is 12.1 Å². The number of hydrogen-bond donors (Lipinski definition) is 0. The molecule has 0 aliphatic carbocycles. The molecule has 0 fully saturated rings. The number of rotatable bonds is 3. The molecule has 2 aromatic rings. The largest absolute Gasteiger partial charge is 0.416 e. The van der Waals surface area contributed by atoms with Gasteiger partial charge in [-0.2, -0.15) is 13.2 Å². The maximum atomic E-state index is 13.2. The smallest absolute Gasteiger partial charge is 0.294 e. The first-order valence-electron chi connectivity index (χ1n) is 7.59. The van der Waals surface area contributed by atoms with E-state index in [2.05, 4.69) is 0 Å². The molecule has 8 heteroatoms. The third-order valence-electron chi connectivity index (χ3n) is 4.30. The molecule has 0 bridgehead atoms. The van der Waals surface area contributed by atoms with Crippen molar-refractivity contribution in [3.63, 3.8) is 0 Å². The first-order valence-corrected chi connectivity index (χ1v) is 7.96. The number of non-ortho nitro benzene ring substituents is 1. The molecular weight excluding hydrogens is 357 g/mol. The summed E-state index contributed by atoms with van der Waals surface area (Å²) in [4.78, 5) is 12.1. The fourth-order valence-corrected chi connectivity index (χ4v) is 3.29. The number of nitro benzene ring substituents is 1. The lowest BCUT2D eigenvalue weighted by molar-refractivity contribution is -0.384. The molecule has 4 nitrogen and oxygen atoms in total. The second kappa shape index (κ2) is 6.65. The van der Waals surface area contributed by atoms with Crippen molar-refractivity contribution in [3.05, 3.63) is 73.8 Å². The van der Waals surface area contributed by atoms with Crippen LogP contribution in [0.4, 0.5) is 18.9 Å². The quantitative estimate of drug-likeness (QED) is 0.574. The van der Waals surface area contributed by atoms with Crippen LogP contribution in [0.3, 0.4) is 0 Å². The zero-order valence-electron chi connectivity index (χ0n) is 13.0. The van der Waals surface area contributed by atoms with Crippen LogP contribution in [0, 0.1) is 10.1 Å². The Labute approximate surface area is 147 Å². The molecular formula is C17H14ClF3N2O2. The Balaban J connectivity index is 1.83. The fraction of sp³-hybridized carbons (Fsp3) is 0.294. The number of nitro groups is 1. The number of halogens is 4. The van der Waals surface area contributed by atoms with Crippen LogP contribution >= 0.6 is 11.6 Å². The maximum absolute atomic E-state index is 13.2. The third-order valence-corrected chi connectivity index (χ3v) is 4.65. The summed E-state index contributed by atoms with van der Waals surface area (Å²) in [5, 5.41) is 11.0. The number of fused-ring (bicyclic) bond motifs is 1. The Bertz CT molecular complexity index is 824. The average molecular weight is 371 g/mol. The molecule has 0 atom stereocenters. The molecule has 1 heterocycles. The molecule has 0 aromatic heterocycles. The highest BCUT2D eigenvalue weighted by atomic mass is 35.5. The zero-order chi connectivity index (χ0) is 18.2. The van der Waals surface area contributed by atoms with Gasteiger partial charge in [-0.3, -0.25) is 15.0 Å². The van der Waals surface area contributed by atoms with E-state index >= 15 is 0 Å². The second-order valence-electron chi connectivity index (χ2n) is 5.93. The number of nitrogens with zero attached hydrogens (tertiary/aromatic N) is 2. The van der Waals surface area contributed by atoms with E-state index in [-0.39, 0.29) is 17.3 Å². The Morgan fingerprint density at radius 2 is 2.00 bits per heavy atom. The van der Waals surface area contributed by atoms with E-state index in [4.69, 9.17) is 11.6 Å². The molecule has 0 amide bonds. The topological polar surface area (TPSA) is 46.4 Å². The molecule has 0 radical (unpaired) electrons. The summed E-state index contributed by atoms with van der Waals surface area (Å²) in [6.45, 7) is 1.10. The van der Waals surface area contributed by atoms with Crippen LogP contribution in [0.5, 0.6) is 0 Å². The summed E-state index contributed by atoms with van der Waals surface area (Å²) in [6.07, 6.45) is -3.87. The molecule has 0 saturated heterocycles.